The van der Waals surface area contributed by atoms with E-state index in [9.17, 15) is 0 Å². The summed E-state index contributed by atoms with van der Waals surface area (Å²) >= 11 is 0. The van der Waals surface area contributed by atoms with Crippen LogP contribution in [0.15, 0.2) is 0 Å². The van der Waals surface area contributed by atoms with Gasteiger partial charge < -0.3 is 14.4 Å². The largest absolute Gasteiger partial charge is 0.467 e. The molecule has 23 heavy (non-hydrogen) atoms. The first-order valence-electron chi connectivity index (χ1n) is 8.94. The molecule has 0 N–H and O–H groups in total. The Labute approximate surface area is 138 Å². The Morgan fingerprint density at radius 2 is 1.13 bits per heavy atom. The van der Waals surface area contributed by atoms with E-state index in [-0.39, 0.29) is 0 Å². The average molecular weight is 320 g/mol. The minimum atomic E-state index is 0.337. The molecule has 6 heteroatoms. The Morgan fingerprint density at radius 1 is 0.696 bits per heavy atom. The van der Waals surface area contributed by atoms with Gasteiger partial charge in [0.15, 0.2) is 0 Å². The summed E-state index contributed by atoms with van der Waals surface area (Å²) in [6.07, 6.45) is 12.8. The van der Waals surface area contributed by atoms with Crippen molar-refractivity contribution < 1.29 is 9.47 Å². The van der Waals surface area contributed by atoms with Gasteiger partial charge in [0.05, 0.1) is 14.2 Å². The topological polar surface area (TPSA) is 60.4 Å². The second-order valence-corrected chi connectivity index (χ2v) is 6.60. The Kier molecular flexibility index (Phi) is 5.51. The van der Waals surface area contributed by atoms with Crippen LogP contribution >= 0.6 is 0 Å². The molecule has 0 atom stereocenters. The summed E-state index contributed by atoms with van der Waals surface area (Å²) in [5.41, 5.74) is 0. The molecule has 0 aromatic carbocycles. The molecule has 6 nitrogen and oxygen atoms in total. The monoisotopic (exact) mass is 320 g/mol. The molecule has 1 aromatic heterocycles. The minimum Gasteiger partial charge on any atom is -0.467 e. The van der Waals surface area contributed by atoms with Crippen molar-refractivity contribution >= 4 is 5.95 Å². The first kappa shape index (κ1) is 16.3. The molecule has 1 aromatic rings. The highest BCUT2D eigenvalue weighted by molar-refractivity contribution is 5.36. The van der Waals surface area contributed by atoms with E-state index in [1.165, 1.54) is 64.2 Å². The number of aromatic nitrogens is 3. The van der Waals surface area contributed by atoms with E-state index in [1.807, 2.05) is 0 Å². The van der Waals surface area contributed by atoms with Gasteiger partial charge in [-0.1, -0.05) is 38.5 Å². The predicted molar refractivity (Wildman–Crippen MR) is 89.2 cm³/mol. The minimum absolute atomic E-state index is 0.337. The number of methoxy groups -OCH3 is 2. The van der Waals surface area contributed by atoms with Crippen LogP contribution in [0.4, 0.5) is 5.95 Å². The quantitative estimate of drug-likeness (QED) is 0.829. The van der Waals surface area contributed by atoms with Gasteiger partial charge in [0.1, 0.15) is 0 Å². The predicted octanol–water partition coefficient (Wildman–Crippen LogP) is 3.36. The normalized spacial score (nSPS) is 20.3. The Morgan fingerprint density at radius 3 is 1.52 bits per heavy atom. The van der Waals surface area contributed by atoms with E-state index < -0.39 is 0 Å². The number of hydrogen-bond acceptors (Lipinski definition) is 6. The zero-order chi connectivity index (χ0) is 16.1. The van der Waals surface area contributed by atoms with Gasteiger partial charge >= 0.3 is 12.0 Å². The fourth-order valence-corrected chi connectivity index (χ4v) is 3.97. The van der Waals surface area contributed by atoms with E-state index in [0.717, 1.165) is 5.95 Å². The average Bonchev–Trinajstić information content (AvgIpc) is 2.63. The summed E-state index contributed by atoms with van der Waals surface area (Å²) in [6.45, 7) is 0. The highest BCUT2D eigenvalue weighted by Gasteiger charge is 2.31. The van der Waals surface area contributed by atoms with Crippen molar-refractivity contribution in [1.82, 2.24) is 15.0 Å². The Bertz CT molecular complexity index is 459. The summed E-state index contributed by atoms with van der Waals surface area (Å²) in [5, 5.41) is 0. The molecule has 3 rings (SSSR count). The van der Waals surface area contributed by atoms with Crippen molar-refractivity contribution in [1.29, 1.82) is 0 Å². The van der Waals surface area contributed by atoms with Crippen molar-refractivity contribution in [2.75, 3.05) is 19.1 Å². The molecule has 0 saturated heterocycles. The van der Waals surface area contributed by atoms with E-state index >= 15 is 0 Å². The number of hydrogen-bond donors (Lipinski definition) is 0. The van der Waals surface area contributed by atoms with Gasteiger partial charge in [-0.05, 0) is 25.7 Å². The molecule has 2 saturated carbocycles. The van der Waals surface area contributed by atoms with Crippen molar-refractivity contribution in [2.24, 2.45) is 0 Å². The molecule has 0 radical (unpaired) electrons. The molecule has 2 aliphatic rings. The molecular formula is C17H28N4O2. The van der Waals surface area contributed by atoms with Crippen LogP contribution in [0.25, 0.3) is 0 Å². The molecule has 0 aliphatic heterocycles. The van der Waals surface area contributed by atoms with Gasteiger partial charge in [-0.15, -0.1) is 4.98 Å². The summed E-state index contributed by atoms with van der Waals surface area (Å²) in [5.74, 6) is 0.729. The SMILES string of the molecule is COc1nc(OC)nc(N(C2CCCCC2)C2CCCCC2)n1. The molecular weight excluding hydrogens is 292 g/mol. The molecule has 2 aliphatic carbocycles. The van der Waals surface area contributed by atoms with Crippen LogP contribution in [0.3, 0.4) is 0 Å². The van der Waals surface area contributed by atoms with Gasteiger partial charge in [0.2, 0.25) is 5.95 Å². The number of anilines is 1. The van der Waals surface area contributed by atoms with Crippen LogP contribution in [0.2, 0.25) is 0 Å². The lowest BCUT2D eigenvalue weighted by Crippen LogP contribution is -2.46. The standard InChI is InChI=1S/C17H28N4O2/c1-22-16-18-15(19-17(20-16)23-2)21(13-9-5-3-6-10-13)14-11-7-4-8-12-14/h13-14H,3-12H2,1-2H3. The number of nitrogens with zero attached hydrogens (tertiary/aromatic N) is 4. The second-order valence-electron chi connectivity index (χ2n) is 6.60. The molecule has 1 heterocycles. The highest BCUT2D eigenvalue weighted by Crippen LogP contribution is 2.33. The molecule has 0 amide bonds. The zero-order valence-corrected chi connectivity index (χ0v) is 14.3. The maximum absolute atomic E-state index is 5.25. The molecule has 0 spiro atoms. The van der Waals surface area contributed by atoms with E-state index in [0.29, 0.717) is 24.1 Å². The Hall–Kier alpha value is -1.59. The lowest BCUT2D eigenvalue weighted by atomic mass is 9.89. The lowest BCUT2D eigenvalue weighted by Gasteiger charge is -2.41. The third-order valence-electron chi connectivity index (χ3n) is 5.11. The molecule has 128 valence electrons. The highest BCUT2D eigenvalue weighted by atomic mass is 16.5. The summed E-state index contributed by atoms with van der Waals surface area (Å²) in [7, 11) is 3.17. The van der Waals surface area contributed by atoms with Crippen LogP contribution in [0, 0.1) is 0 Å². The molecule has 0 unspecified atom stereocenters. The van der Waals surface area contributed by atoms with Crippen LogP contribution in [-0.4, -0.2) is 41.3 Å². The number of ether oxygens (including phenoxy) is 2. The fourth-order valence-electron chi connectivity index (χ4n) is 3.97. The maximum Gasteiger partial charge on any atom is 0.324 e. The van der Waals surface area contributed by atoms with E-state index in [1.54, 1.807) is 14.2 Å². The molecule has 0 bridgehead atoms. The second kappa shape index (κ2) is 7.79. The first-order chi connectivity index (χ1) is 11.3. The van der Waals surface area contributed by atoms with Crippen LogP contribution in [0.5, 0.6) is 12.0 Å². The van der Waals surface area contributed by atoms with Crippen LogP contribution < -0.4 is 14.4 Å². The lowest BCUT2D eigenvalue weighted by molar-refractivity contribution is 0.318. The zero-order valence-electron chi connectivity index (χ0n) is 14.3. The van der Waals surface area contributed by atoms with Crippen LogP contribution in [-0.2, 0) is 0 Å². The molecule has 2 fully saturated rings. The third kappa shape index (κ3) is 3.85. The first-order valence-corrected chi connectivity index (χ1v) is 8.94. The van der Waals surface area contributed by atoms with Gasteiger partial charge in [-0.25, -0.2) is 0 Å². The van der Waals surface area contributed by atoms with Crippen molar-refractivity contribution in [2.45, 2.75) is 76.3 Å². The summed E-state index contributed by atoms with van der Waals surface area (Å²) in [6, 6.07) is 1.74. The van der Waals surface area contributed by atoms with Gasteiger partial charge in [0, 0.05) is 12.1 Å². The summed E-state index contributed by atoms with van der Waals surface area (Å²) < 4.78 is 10.5. The van der Waals surface area contributed by atoms with Crippen molar-refractivity contribution in [3.63, 3.8) is 0 Å². The maximum atomic E-state index is 5.25. The van der Waals surface area contributed by atoms with Crippen molar-refractivity contribution in [3.8, 4) is 12.0 Å². The Balaban J connectivity index is 1.92. The third-order valence-corrected chi connectivity index (χ3v) is 5.11. The van der Waals surface area contributed by atoms with Gasteiger partial charge in [0.25, 0.3) is 0 Å². The number of rotatable bonds is 5. The van der Waals surface area contributed by atoms with Gasteiger partial charge in [-0.2, -0.15) is 9.97 Å². The van der Waals surface area contributed by atoms with Crippen molar-refractivity contribution in [3.05, 3.63) is 0 Å². The van der Waals surface area contributed by atoms with Crippen LogP contribution in [0.1, 0.15) is 64.2 Å². The van der Waals surface area contributed by atoms with Gasteiger partial charge in [-0.3, -0.25) is 0 Å². The van der Waals surface area contributed by atoms with E-state index in [2.05, 4.69) is 19.9 Å². The fraction of sp³-hybridized carbons (Fsp3) is 0.824. The smallest absolute Gasteiger partial charge is 0.324 e. The summed E-state index contributed by atoms with van der Waals surface area (Å²) in [4.78, 5) is 15.7. The van der Waals surface area contributed by atoms with E-state index in [4.69, 9.17) is 9.47 Å².